The predicted molar refractivity (Wildman–Crippen MR) is 120 cm³/mol. The number of likely N-dealkylation sites (N-methyl/N-ethyl adjacent to an activating group) is 1. The summed E-state index contributed by atoms with van der Waals surface area (Å²) in [5.74, 6) is -0.705. The zero-order chi connectivity index (χ0) is 22.7. The van der Waals surface area contributed by atoms with Gasteiger partial charge in [-0.25, -0.2) is 9.37 Å². The van der Waals surface area contributed by atoms with Gasteiger partial charge in [-0.3, -0.25) is 9.59 Å². The molecule has 2 amide bonds. The standard InChI is InChI=1S/C25H27FN4O2/c1-3-29-12-13-30(25(32)23-16-28(2)17-27-23)15-20(24(29)31)14-18-8-10-19(11-9-18)21-6-4-5-7-22(21)26/h4-11,16-17,20H,3,12-15H2,1-2H3/t20-/m1/s1. The highest BCUT2D eigenvalue weighted by atomic mass is 19.1. The third kappa shape index (κ3) is 4.56. The van der Waals surface area contributed by atoms with Gasteiger partial charge in [0.05, 0.1) is 12.2 Å². The number of rotatable bonds is 5. The van der Waals surface area contributed by atoms with Gasteiger partial charge in [0.1, 0.15) is 11.5 Å². The van der Waals surface area contributed by atoms with E-state index in [4.69, 9.17) is 0 Å². The van der Waals surface area contributed by atoms with E-state index in [-0.39, 0.29) is 23.5 Å². The van der Waals surface area contributed by atoms with Crippen LogP contribution in [0.1, 0.15) is 23.0 Å². The van der Waals surface area contributed by atoms with Crippen LogP contribution in [0.5, 0.6) is 0 Å². The summed E-state index contributed by atoms with van der Waals surface area (Å²) in [4.78, 5) is 33.8. The number of amides is 2. The van der Waals surface area contributed by atoms with Gasteiger partial charge in [0.25, 0.3) is 5.91 Å². The van der Waals surface area contributed by atoms with Crippen molar-refractivity contribution in [2.45, 2.75) is 13.3 Å². The van der Waals surface area contributed by atoms with Crippen LogP contribution in [0.3, 0.4) is 0 Å². The van der Waals surface area contributed by atoms with E-state index >= 15 is 0 Å². The van der Waals surface area contributed by atoms with Crippen molar-refractivity contribution in [3.05, 3.63) is 78.1 Å². The van der Waals surface area contributed by atoms with Crippen molar-refractivity contribution in [1.29, 1.82) is 0 Å². The van der Waals surface area contributed by atoms with Crippen LogP contribution in [0.15, 0.2) is 61.1 Å². The van der Waals surface area contributed by atoms with E-state index < -0.39 is 0 Å². The molecule has 32 heavy (non-hydrogen) atoms. The molecule has 2 heterocycles. The van der Waals surface area contributed by atoms with Crippen LogP contribution in [0.2, 0.25) is 0 Å². The normalized spacial score (nSPS) is 16.8. The average molecular weight is 435 g/mol. The largest absolute Gasteiger partial charge is 0.341 e. The van der Waals surface area contributed by atoms with Crippen molar-refractivity contribution in [2.24, 2.45) is 13.0 Å². The number of halogens is 1. The Kier molecular flexibility index (Phi) is 6.35. The summed E-state index contributed by atoms with van der Waals surface area (Å²) >= 11 is 0. The van der Waals surface area contributed by atoms with Gasteiger partial charge in [0, 0.05) is 45.0 Å². The first-order valence-electron chi connectivity index (χ1n) is 10.9. The quantitative estimate of drug-likeness (QED) is 0.619. The molecule has 1 atom stereocenters. The fourth-order valence-corrected chi connectivity index (χ4v) is 4.18. The van der Waals surface area contributed by atoms with E-state index in [1.54, 1.807) is 34.1 Å². The van der Waals surface area contributed by atoms with Crippen molar-refractivity contribution in [3.8, 4) is 11.1 Å². The number of benzene rings is 2. The summed E-state index contributed by atoms with van der Waals surface area (Å²) in [6, 6.07) is 14.3. The topological polar surface area (TPSA) is 58.4 Å². The molecule has 6 nitrogen and oxygen atoms in total. The molecule has 0 bridgehead atoms. The number of carbonyl (C=O) groups excluding carboxylic acids is 2. The summed E-state index contributed by atoms with van der Waals surface area (Å²) in [7, 11) is 1.82. The first kappa shape index (κ1) is 21.7. The highest BCUT2D eigenvalue weighted by molar-refractivity contribution is 5.93. The Balaban J connectivity index is 1.54. The van der Waals surface area contributed by atoms with E-state index in [2.05, 4.69) is 4.98 Å². The second-order valence-corrected chi connectivity index (χ2v) is 8.17. The maximum absolute atomic E-state index is 14.1. The fraction of sp³-hybridized carbons (Fsp3) is 0.320. The number of hydrogen-bond acceptors (Lipinski definition) is 3. The summed E-state index contributed by atoms with van der Waals surface area (Å²) in [5, 5.41) is 0. The summed E-state index contributed by atoms with van der Waals surface area (Å²) in [6.45, 7) is 3.90. The lowest BCUT2D eigenvalue weighted by atomic mass is 9.95. The van der Waals surface area contributed by atoms with E-state index in [1.165, 1.54) is 6.07 Å². The van der Waals surface area contributed by atoms with E-state index in [0.717, 1.165) is 11.1 Å². The Morgan fingerprint density at radius 2 is 1.88 bits per heavy atom. The fourth-order valence-electron chi connectivity index (χ4n) is 4.18. The molecule has 2 aromatic carbocycles. The van der Waals surface area contributed by atoms with Gasteiger partial charge >= 0.3 is 0 Å². The molecular weight excluding hydrogens is 407 g/mol. The third-order valence-corrected chi connectivity index (χ3v) is 5.96. The minimum absolute atomic E-state index is 0.0574. The lowest BCUT2D eigenvalue weighted by Gasteiger charge is -2.23. The molecule has 0 radical (unpaired) electrons. The molecule has 166 valence electrons. The molecule has 0 aliphatic carbocycles. The van der Waals surface area contributed by atoms with Crippen LogP contribution >= 0.6 is 0 Å². The Morgan fingerprint density at radius 3 is 2.53 bits per heavy atom. The Morgan fingerprint density at radius 1 is 1.12 bits per heavy atom. The maximum Gasteiger partial charge on any atom is 0.274 e. The molecule has 1 aliphatic rings. The minimum Gasteiger partial charge on any atom is -0.341 e. The molecule has 1 fully saturated rings. The van der Waals surface area contributed by atoms with Gasteiger partial charge in [-0.15, -0.1) is 0 Å². The van der Waals surface area contributed by atoms with Gasteiger partial charge in [0.2, 0.25) is 5.91 Å². The zero-order valence-corrected chi connectivity index (χ0v) is 18.4. The smallest absolute Gasteiger partial charge is 0.274 e. The first-order valence-corrected chi connectivity index (χ1v) is 10.9. The molecule has 0 spiro atoms. The molecule has 1 aromatic heterocycles. The summed E-state index contributed by atoms with van der Waals surface area (Å²) in [6.07, 6.45) is 3.81. The zero-order valence-electron chi connectivity index (χ0n) is 18.4. The monoisotopic (exact) mass is 434 g/mol. The van der Waals surface area contributed by atoms with Crippen LogP contribution in [0.4, 0.5) is 4.39 Å². The van der Waals surface area contributed by atoms with Crippen molar-refractivity contribution in [1.82, 2.24) is 19.4 Å². The summed E-state index contributed by atoms with van der Waals surface area (Å²) in [5.41, 5.74) is 2.71. The van der Waals surface area contributed by atoms with Crippen LogP contribution in [0, 0.1) is 11.7 Å². The molecular formula is C25H27FN4O2. The molecule has 0 N–H and O–H groups in total. The van der Waals surface area contributed by atoms with Gasteiger partial charge in [-0.05, 0) is 30.5 Å². The number of hydrogen-bond donors (Lipinski definition) is 0. The molecule has 4 rings (SSSR count). The minimum atomic E-state index is -0.343. The second-order valence-electron chi connectivity index (χ2n) is 8.17. The van der Waals surface area contributed by atoms with Crippen LogP contribution in [-0.2, 0) is 18.3 Å². The lowest BCUT2D eigenvalue weighted by molar-refractivity contribution is -0.134. The van der Waals surface area contributed by atoms with Crippen LogP contribution < -0.4 is 0 Å². The summed E-state index contributed by atoms with van der Waals surface area (Å²) < 4.78 is 15.8. The van der Waals surface area contributed by atoms with Gasteiger partial charge in [-0.1, -0.05) is 42.5 Å². The molecule has 0 unspecified atom stereocenters. The molecule has 3 aromatic rings. The second kappa shape index (κ2) is 9.34. The van der Waals surface area contributed by atoms with E-state index in [9.17, 15) is 14.0 Å². The van der Waals surface area contributed by atoms with E-state index in [1.807, 2.05) is 49.2 Å². The third-order valence-electron chi connectivity index (χ3n) is 5.96. The SMILES string of the molecule is CCN1CCN(C(=O)c2cn(C)cn2)C[C@@H](Cc2ccc(-c3ccccc3F)cc2)C1=O. The van der Waals surface area contributed by atoms with Gasteiger partial charge < -0.3 is 14.4 Å². The van der Waals surface area contributed by atoms with Crippen LogP contribution in [0.25, 0.3) is 11.1 Å². The number of aryl methyl sites for hydroxylation is 1. The molecule has 1 aliphatic heterocycles. The first-order chi connectivity index (χ1) is 15.5. The Hall–Kier alpha value is -3.48. The van der Waals surface area contributed by atoms with Crippen molar-refractivity contribution < 1.29 is 14.0 Å². The number of imidazole rings is 1. The number of nitrogens with zero attached hydrogens (tertiary/aromatic N) is 4. The van der Waals surface area contributed by atoms with Gasteiger partial charge in [0.15, 0.2) is 0 Å². The maximum atomic E-state index is 14.1. The molecule has 7 heteroatoms. The number of aromatic nitrogens is 2. The highest BCUT2D eigenvalue weighted by Crippen LogP contribution is 2.24. The predicted octanol–water partition coefficient (Wildman–Crippen LogP) is 3.39. The van der Waals surface area contributed by atoms with E-state index in [0.29, 0.717) is 43.9 Å². The Bertz CT molecular complexity index is 1110. The van der Waals surface area contributed by atoms with Crippen molar-refractivity contribution in [2.75, 3.05) is 26.2 Å². The van der Waals surface area contributed by atoms with Crippen LogP contribution in [-0.4, -0.2) is 57.3 Å². The highest BCUT2D eigenvalue weighted by Gasteiger charge is 2.32. The van der Waals surface area contributed by atoms with Crippen molar-refractivity contribution in [3.63, 3.8) is 0 Å². The average Bonchev–Trinajstić information content (AvgIpc) is 3.17. The van der Waals surface area contributed by atoms with Crippen molar-refractivity contribution >= 4 is 11.8 Å². The molecule has 0 saturated carbocycles. The van der Waals surface area contributed by atoms with Gasteiger partial charge in [-0.2, -0.15) is 0 Å². The molecule has 1 saturated heterocycles. The number of carbonyl (C=O) groups is 2. The Labute approximate surface area is 187 Å². The lowest BCUT2D eigenvalue weighted by Crippen LogP contribution is -2.38.